The third-order valence-electron chi connectivity index (χ3n) is 5.78. The van der Waals surface area contributed by atoms with Crippen molar-refractivity contribution in [1.29, 1.82) is 0 Å². The number of urea groups is 1. The summed E-state index contributed by atoms with van der Waals surface area (Å²) in [6, 6.07) is -0.326. The van der Waals surface area contributed by atoms with Gasteiger partial charge in [-0.05, 0) is 44.6 Å². The van der Waals surface area contributed by atoms with Crippen LogP contribution in [0, 0.1) is 0 Å². The Morgan fingerprint density at radius 3 is 2.96 bits per heavy atom. The number of rotatable bonds is 4. The standard InChI is InChI=1S/C17H24N4O3/c1-17-7-4-8-19(17)16(23)21(15(17)22)13-6-3-5-12-11-18-20(14(12)13)9-10-24-2/h11,13H,3-10H2,1-2H3/t13-,17-/m1/s1. The van der Waals surface area contributed by atoms with Crippen LogP contribution in [0.3, 0.4) is 0 Å². The van der Waals surface area contributed by atoms with E-state index in [0.717, 1.165) is 43.4 Å². The minimum Gasteiger partial charge on any atom is -0.383 e. The van der Waals surface area contributed by atoms with Crippen molar-refractivity contribution in [3.05, 3.63) is 17.5 Å². The number of hydrogen-bond donors (Lipinski definition) is 0. The highest BCUT2D eigenvalue weighted by Gasteiger charge is 2.58. The van der Waals surface area contributed by atoms with E-state index < -0.39 is 5.54 Å². The highest BCUT2D eigenvalue weighted by molar-refractivity contribution is 6.07. The maximum absolute atomic E-state index is 13.1. The molecule has 4 rings (SSSR count). The second-order valence-corrected chi connectivity index (χ2v) is 7.17. The molecule has 2 fully saturated rings. The number of amides is 3. The molecule has 0 N–H and O–H groups in total. The average molecular weight is 332 g/mol. The third kappa shape index (κ3) is 2.03. The number of carbonyl (C=O) groups is 2. The molecule has 7 nitrogen and oxygen atoms in total. The average Bonchev–Trinajstić information content (AvgIpc) is 3.21. The van der Waals surface area contributed by atoms with Crippen LogP contribution in [0.1, 0.15) is 49.9 Å². The fourth-order valence-electron chi connectivity index (χ4n) is 4.49. The van der Waals surface area contributed by atoms with Crippen molar-refractivity contribution in [3.8, 4) is 0 Å². The number of hydrogen-bond acceptors (Lipinski definition) is 4. The van der Waals surface area contributed by atoms with Gasteiger partial charge in [-0.15, -0.1) is 0 Å². The first-order valence-electron chi connectivity index (χ1n) is 8.76. The number of methoxy groups -OCH3 is 1. The molecule has 3 heterocycles. The van der Waals surface area contributed by atoms with Gasteiger partial charge in [0.1, 0.15) is 5.54 Å². The predicted molar refractivity (Wildman–Crippen MR) is 86.4 cm³/mol. The first kappa shape index (κ1) is 15.6. The van der Waals surface area contributed by atoms with Gasteiger partial charge in [0.25, 0.3) is 5.91 Å². The number of ether oxygens (including phenoxy) is 1. The lowest BCUT2D eigenvalue weighted by atomic mass is 9.91. The molecule has 0 saturated carbocycles. The minimum absolute atomic E-state index is 0.0395. The fraction of sp³-hybridized carbons (Fsp3) is 0.706. The topological polar surface area (TPSA) is 67.7 Å². The smallest absolute Gasteiger partial charge is 0.328 e. The van der Waals surface area contributed by atoms with Gasteiger partial charge in [0.15, 0.2) is 0 Å². The zero-order valence-corrected chi connectivity index (χ0v) is 14.3. The molecule has 0 radical (unpaired) electrons. The van der Waals surface area contributed by atoms with E-state index in [1.807, 2.05) is 17.8 Å². The van der Waals surface area contributed by atoms with Crippen LogP contribution >= 0.6 is 0 Å². The van der Waals surface area contributed by atoms with Gasteiger partial charge in [-0.3, -0.25) is 14.4 Å². The van der Waals surface area contributed by atoms with Crippen LogP contribution < -0.4 is 0 Å². The largest absolute Gasteiger partial charge is 0.383 e. The van der Waals surface area contributed by atoms with Crippen molar-refractivity contribution in [1.82, 2.24) is 19.6 Å². The third-order valence-corrected chi connectivity index (χ3v) is 5.78. The van der Waals surface area contributed by atoms with Crippen LogP contribution in [0.2, 0.25) is 0 Å². The molecule has 2 atom stereocenters. The Kier molecular flexibility index (Phi) is 3.63. The van der Waals surface area contributed by atoms with Crippen LogP contribution in [0.5, 0.6) is 0 Å². The van der Waals surface area contributed by atoms with Gasteiger partial charge < -0.3 is 9.64 Å². The molecule has 0 unspecified atom stereocenters. The molecule has 1 aliphatic carbocycles. The van der Waals surface area contributed by atoms with Gasteiger partial charge in [-0.2, -0.15) is 5.10 Å². The normalized spacial score (nSPS) is 29.3. The van der Waals surface area contributed by atoms with E-state index >= 15 is 0 Å². The molecular formula is C17H24N4O3. The number of aromatic nitrogens is 2. The molecule has 0 spiro atoms. The van der Waals surface area contributed by atoms with Crippen molar-refractivity contribution in [2.45, 2.75) is 57.2 Å². The molecule has 2 saturated heterocycles. The highest BCUT2D eigenvalue weighted by Crippen LogP contribution is 2.44. The SMILES string of the molecule is COCCn1ncc2c1[C@H](N1C(=O)N3CCC[C@]3(C)C1=O)CCC2. The van der Waals surface area contributed by atoms with E-state index in [4.69, 9.17) is 4.74 Å². The number of carbonyl (C=O) groups excluding carboxylic acids is 2. The molecule has 0 aromatic carbocycles. The number of fused-ring (bicyclic) bond motifs is 2. The first-order valence-corrected chi connectivity index (χ1v) is 8.76. The van der Waals surface area contributed by atoms with E-state index in [2.05, 4.69) is 5.10 Å². The summed E-state index contributed by atoms with van der Waals surface area (Å²) < 4.78 is 7.08. The summed E-state index contributed by atoms with van der Waals surface area (Å²) in [7, 11) is 1.66. The Morgan fingerprint density at radius 1 is 1.38 bits per heavy atom. The van der Waals surface area contributed by atoms with E-state index in [1.54, 1.807) is 12.0 Å². The van der Waals surface area contributed by atoms with Crippen LogP contribution in [-0.4, -0.2) is 57.3 Å². The zero-order valence-electron chi connectivity index (χ0n) is 14.3. The Hall–Kier alpha value is -1.89. The van der Waals surface area contributed by atoms with E-state index in [-0.39, 0.29) is 18.0 Å². The second kappa shape index (κ2) is 5.58. The number of aryl methyl sites for hydroxylation is 1. The zero-order chi connectivity index (χ0) is 16.9. The maximum atomic E-state index is 13.1. The van der Waals surface area contributed by atoms with Crippen molar-refractivity contribution in [2.75, 3.05) is 20.3 Å². The lowest BCUT2D eigenvalue weighted by molar-refractivity contribution is -0.133. The fourth-order valence-corrected chi connectivity index (χ4v) is 4.49. The molecule has 3 amide bonds. The summed E-state index contributed by atoms with van der Waals surface area (Å²) in [4.78, 5) is 29.3. The summed E-state index contributed by atoms with van der Waals surface area (Å²) >= 11 is 0. The summed E-state index contributed by atoms with van der Waals surface area (Å²) in [5, 5.41) is 4.47. The summed E-state index contributed by atoms with van der Waals surface area (Å²) in [5.74, 6) is -0.0395. The van der Waals surface area contributed by atoms with Crippen molar-refractivity contribution < 1.29 is 14.3 Å². The quantitative estimate of drug-likeness (QED) is 0.788. The molecular weight excluding hydrogens is 308 g/mol. The van der Waals surface area contributed by atoms with Crippen molar-refractivity contribution in [2.24, 2.45) is 0 Å². The number of nitrogens with zero attached hydrogens (tertiary/aromatic N) is 4. The van der Waals surface area contributed by atoms with E-state index in [0.29, 0.717) is 19.7 Å². The Balaban J connectivity index is 1.70. The van der Waals surface area contributed by atoms with Crippen LogP contribution in [0.25, 0.3) is 0 Å². The summed E-state index contributed by atoms with van der Waals surface area (Å²) in [5.41, 5.74) is 1.52. The van der Waals surface area contributed by atoms with E-state index in [9.17, 15) is 9.59 Å². The Labute approximate surface area is 141 Å². The summed E-state index contributed by atoms with van der Waals surface area (Å²) in [6.45, 7) is 3.79. The molecule has 130 valence electrons. The van der Waals surface area contributed by atoms with Gasteiger partial charge in [-0.1, -0.05) is 0 Å². The molecule has 0 bridgehead atoms. The lowest BCUT2D eigenvalue weighted by Crippen LogP contribution is -2.42. The van der Waals surface area contributed by atoms with Gasteiger partial charge >= 0.3 is 6.03 Å². The van der Waals surface area contributed by atoms with Gasteiger partial charge in [0, 0.05) is 13.7 Å². The molecule has 1 aromatic heterocycles. The van der Waals surface area contributed by atoms with E-state index in [1.165, 1.54) is 4.90 Å². The predicted octanol–water partition coefficient (Wildman–Crippen LogP) is 1.72. The van der Waals surface area contributed by atoms with Crippen LogP contribution in [-0.2, 0) is 22.5 Å². The molecule has 7 heteroatoms. The van der Waals surface area contributed by atoms with Crippen LogP contribution in [0.15, 0.2) is 6.20 Å². The maximum Gasteiger partial charge on any atom is 0.328 e. The van der Waals surface area contributed by atoms with Crippen molar-refractivity contribution in [3.63, 3.8) is 0 Å². The highest BCUT2D eigenvalue weighted by atomic mass is 16.5. The first-order chi connectivity index (χ1) is 11.6. The Bertz CT molecular complexity index is 685. The minimum atomic E-state index is -0.647. The van der Waals surface area contributed by atoms with Gasteiger partial charge in [0.05, 0.1) is 31.1 Å². The lowest BCUT2D eigenvalue weighted by Gasteiger charge is -2.31. The summed E-state index contributed by atoms with van der Waals surface area (Å²) in [6.07, 6.45) is 6.29. The number of imide groups is 1. The monoisotopic (exact) mass is 332 g/mol. The Morgan fingerprint density at radius 2 is 2.21 bits per heavy atom. The molecule has 1 aromatic rings. The molecule has 2 aliphatic heterocycles. The second-order valence-electron chi connectivity index (χ2n) is 7.17. The van der Waals surface area contributed by atoms with Gasteiger partial charge in [0.2, 0.25) is 0 Å². The van der Waals surface area contributed by atoms with Crippen molar-refractivity contribution >= 4 is 11.9 Å². The van der Waals surface area contributed by atoms with Gasteiger partial charge in [-0.25, -0.2) is 4.79 Å². The molecule has 24 heavy (non-hydrogen) atoms. The van der Waals surface area contributed by atoms with Crippen LogP contribution in [0.4, 0.5) is 4.79 Å². The molecule has 3 aliphatic rings.